The number of nitrogen functional groups attached to an aromatic ring is 1. The number of amidine groups is 1. The third-order valence-electron chi connectivity index (χ3n) is 5.12. The van der Waals surface area contributed by atoms with Crippen LogP contribution in [0.15, 0.2) is 59.5 Å². The molecular weight excluding hydrogens is 528 g/mol. The third-order valence-corrected chi connectivity index (χ3v) is 6.61. The van der Waals surface area contributed by atoms with Crippen LogP contribution in [0.3, 0.4) is 0 Å². The number of hydrogen-bond donors (Lipinski definition) is 4. The van der Waals surface area contributed by atoms with Crippen LogP contribution >= 0.6 is 0 Å². The van der Waals surface area contributed by atoms with Gasteiger partial charge in [-0.3, -0.25) is 19.8 Å². The number of hydrogen-bond acceptors (Lipinski definition) is 9. The first-order valence-electron chi connectivity index (χ1n) is 12.0. The van der Waals surface area contributed by atoms with E-state index in [0.717, 1.165) is 0 Å². The van der Waals surface area contributed by atoms with Crippen LogP contribution in [-0.2, 0) is 33.9 Å². The Hall–Kier alpha value is -3.97. The third kappa shape index (κ3) is 10.7. The maximum atomic E-state index is 12.8. The van der Waals surface area contributed by atoms with Crippen LogP contribution in [0, 0.1) is 10.8 Å². The van der Waals surface area contributed by atoms with E-state index in [-0.39, 0.29) is 23.8 Å². The van der Waals surface area contributed by atoms with Gasteiger partial charge in [0, 0.05) is 18.5 Å². The maximum absolute atomic E-state index is 12.8. The van der Waals surface area contributed by atoms with Crippen LogP contribution in [0.4, 0.5) is 0 Å². The molecular formula is C26H34N4O8S. The Bertz CT molecular complexity index is 1240. The summed E-state index contributed by atoms with van der Waals surface area (Å²) in [5, 5.41) is 9.90. The molecule has 1 unspecified atom stereocenters. The first kappa shape index (κ1) is 31.2. The van der Waals surface area contributed by atoms with Gasteiger partial charge in [-0.15, -0.1) is 0 Å². The zero-order chi connectivity index (χ0) is 29.1. The molecule has 5 N–H and O–H groups in total. The minimum Gasteiger partial charge on any atom is -0.494 e. The molecule has 0 aliphatic rings. The molecule has 1 atom stereocenters. The van der Waals surface area contributed by atoms with E-state index in [4.69, 9.17) is 25.4 Å². The van der Waals surface area contributed by atoms with Gasteiger partial charge in [0.15, 0.2) is 0 Å². The summed E-state index contributed by atoms with van der Waals surface area (Å²) in [6.07, 6.45) is 0.385. The van der Waals surface area contributed by atoms with Crippen LogP contribution in [0.5, 0.6) is 5.75 Å². The van der Waals surface area contributed by atoms with Crippen molar-refractivity contribution in [3.63, 3.8) is 0 Å². The molecule has 0 saturated carbocycles. The van der Waals surface area contributed by atoms with E-state index in [1.165, 1.54) is 24.3 Å². The van der Waals surface area contributed by atoms with Crippen LogP contribution in [0.1, 0.15) is 39.2 Å². The van der Waals surface area contributed by atoms with E-state index < -0.39 is 52.7 Å². The average Bonchev–Trinajstić information content (AvgIpc) is 2.89. The molecule has 0 fully saturated rings. The number of carbonyl (C=O) groups is 3. The molecule has 13 heteroatoms. The fourth-order valence-corrected chi connectivity index (χ4v) is 4.15. The van der Waals surface area contributed by atoms with Gasteiger partial charge in [-0.1, -0.05) is 18.2 Å². The summed E-state index contributed by atoms with van der Waals surface area (Å²) in [5.74, 6) is -1.60. The van der Waals surface area contributed by atoms with E-state index in [1.807, 2.05) is 0 Å². The lowest BCUT2D eigenvalue weighted by atomic mass is 9.98. The molecule has 2 aromatic rings. The highest BCUT2D eigenvalue weighted by atomic mass is 32.2. The quantitative estimate of drug-likeness (QED) is 0.0873. The fraction of sp³-hybridized carbons (Fsp3) is 0.385. The van der Waals surface area contributed by atoms with Gasteiger partial charge in [0.2, 0.25) is 22.7 Å². The molecule has 0 aromatic heterocycles. The molecule has 0 heterocycles. The van der Waals surface area contributed by atoms with E-state index in [2.05, 4.69) is 10.0 Å². The van der Waals surface area contributed by atoms with Crippen LogP contribution < -0.4 is 20.5 Å². The van der Waals surface area contributed by atoms with Crippen molar-refractivity contribution in [1.29, 1.82) is 5.41 Å². The molecule has 0 radical (unpaired) electrons. The van der Waals surface area contributed by atoms with Crippen molar-refractivity contribution in [2.24, 2.45) is 11.1 Å². The Balaban J connectivity index is 1.91. The Morgan fingerprint density at radius 2 is 1.64 bits per heavy atom. The molecule has 0 aliphatic carbocycles. The van der Waals surface area contributed by atoms with Crippen molar-refractivity contribution in [1.82, 2.24) is 10.0 Å². The number of amides is 1. The lowest BCUT2D eigenvalue weighted by Crippen LogP contribution is -2.49. The van der Waals surface area contributed by atoms with Gasteiger partial charge in [0.25, 0.3) is 0 Å². The number of rotatable bonds is 14. The van der Waals surface area contributed by atoms with Gasteiger partial charge in [-0.25, -0.2) is 8.42 Å². The zero-order valence-electron chi connectivity index (χ0n) is 22.1. The lowest BCUT2D eigenvalue weighted by Gasteiger charge is -2.20. The summed E-state index contributed by atoms with van der Waals surface area (Å²) in [7, 11) is -4.13. The molecule has 0 spiro atoms. The molecule has 12 nitrogen and oxygen atoms in total. The van der Waals surface area contributed by atoms with Crippen molar-refractivity contribution in [3.8, 4) is 5.75 Å². The second-order valence-electron chi connectivity index (χ2n) is 9.44. The zero-order valence-corrected chi connectivity index (χ0v) is 22.9. The molecule has 0 bridgehead atoms. The summed E-state index contributed by atoms with van der Waals surface area (Å²) < 4.78 is 43.2. The number of benzene rings is 2. The second-order valence-corrected chi connectivity index (χ2v) is 11.2. The SMILES string of the molecule is CC(C)(C)C(=O)OCOC(=O)C(CNC(=O)CCCOc1ccc(C(=N)N)cc1)NS(=O)(=O)c1ccccc1. The second kappa shape index (κ2) is 14.3. The number of ether oxygens (including phenoxy) is 3. The minimum atomic E-state index is -4.13. The van der Waals surface area contributed by atoms with Gasteiger partial charge in [-0.2, -0.15) is 4.72 Å². The monoisotopic (exact) mass is 562 g/mol. The van der Waals surface area contributed by atoms with Crippen molar-refractivity contribution >= 4 is 33.7 Å². The van der Waals surface area contributed by atoms with E-state index in [1.54, 1.807) is 51.1 Å². The smallest absolute Gasteiger partial charge is 0.328 e. The van der Waals surface area contributed by atoms with Crippen molar-refractivity contribution < 1.29 is 37.0 Å². The predicted molar refractivity (Wildman–Crippen MR) is 142 cm³/mol. The van der Waals surface area contributed by atoms with Gasteiger partial charge in [0.1, 0.15) is 17.6 Å². The van der Waals surface area contributed by atoms with E-state index >= 15 is 0 Å². The molecule has 39 heavy (non-hydrogen) atoms. The van der Waals surface area contributed by atoms with Crippen LogP contribution in [-0.4, -0.2) is 58.1 Å². The van der Waals surface area contributed by atoms with Gasteiger partial charge in [0.05, 0.1) is 16.9 Å². The Kier molecular flexibility index (Phi) is 11.4. The van der Waals surface area contributed by atoms with Gasteiger partial charge in [-0.05, 0) is 63.6 Å². The summed E-state index contributed by atoms with van der Waals surface area (Å²) in [4.78, 5) is 36.8. The Labute approximate surface area is 227 Å². The number of carbonyl (C=O) groups excluding carboxylic acids is 3. The number of nitrogens with two attached hydrogens (primary N) is 1. The summed E-state index contributed by atoms with van der Waals surface area (Å²) in [5.41, 5.74) is 5.15. The van der Waals surface area contributed by atoms with Crippen LogP contribution in [0.2, 0.25) is 0 Å². The Morgan fingerprint density at radius 3 is 2.23 bits per heavy atom. The standard InChI is InChI=1S/C26H34N4O8S/c1-26(2,3)25(33)38-17-37-24(32)21(30-39(34,35)20-8-5-4-6-9-20)16-29-22(31)10-7-15-36-19-13-11-18(12-14-19)23(27)28/h4-6,8-9,11-14,21,30H,7,10,15-17H2,1-3H3,(H3,27,28)(H,29,31). The minimum absolute atomic E-state index is 0.0436. The largest absolute Gasteiger partial charge is 0.494 e. The highest BCUT2D eigenvalue weighted by Gasteiger charge is 2.29. The number of sulfonamides is 1. The molecule has 212 valence electrons. The number of esters is 2. The summed E-state index contributed by atoms with van der Waals surface area (Å²) in [6.45, 7) is 3.98. The molecule has 2 aromatic carbocycles. The molecule has 1 amide bonds. The topological polar surface area (TPSA) is 187 Å². The molecule has 0 aliphatic heterocycles. The van der Waals surface area contributed by atoms with E-state index in [9.17, 15) is 22.8 Å². The molecule has 0 saturated heterocycles. The number of nitrogens with one attached hydrogen (secondary N) is 3. The summed E-state index contributed by atoms with van der Waals surface area (Å²) >= 11 is 0. The van der Waals surface area contributed by atoms with Crippen molar-refractivity contribution in [2.75, 3.05) is 19.9 Å². The highest BCUT2D eigenvalue weighted by Crippen LogP contribution is 2.15. The highest BCUT2D eigenvalue weighted by molar-refractivity contribution is 7.89. The predicted octanol–water partition coefficient (Wildman–Crippen LogP) is 1.68. The fourth-order valence-electron chi connectivity index (χ4n) is 2.94. The van der Waals surface area contributed by atoms with Gasteiger partial charge < -0.3 is 25.3 Å². The molecule has 2 rings (SSSR count). The van der Waals surface area contributed by atoms with Crippen molar-refractivity contribution in [3.05, 3.63) is 60.2 Å². The Morgan fingerprint density at radius 1 is 1.00 bits per heavy atom. The average molecular weight is 563 g/mol. The van der Waals surface area contributed by atoms with Gasteiger partial charge >= 0.3 is 11.9 Å². The lowest BCUT2D eigenvalue weighted by molar-refractivity contribution is -0.174. The van der Waals surface area contributed by atoms with E-state index in [0.29, 0.717) is 17.7 Å². The summed E-state index contributed by atoms with van der Waals surface area (Å²) in [6, 6.07) is 12.5. The first-order valence-corrected chi connectivity index (χ1v) is 13.5. The normalized spacial score (nSPS) is 12.2. The maximum Gasteiger partial charge on any atom is 0.328 e. The van der Waals surface area contributed by atoms with Crippen LogP contribution in [0.25, 0.3) is 0 Å². The van der Waals surface area contributed by atoms with Crippen molar-refractivity contribution in [2.45, 2.75) is 44.6 Å². The first-order chi connectivity index (χ1) is 18.3.